The number of amides is 1. The number of benzene rings is 1. The number of rotatable bonds is 8. The quantitative estimate of drug-likeness (QED) is 0.685. The predicted molar refractivity (Wildman–Crippen MR) is 113 cm³/mol. The van der Waals surface area contributed by atoms with Crippen LogP contribution in [0.15, 0.2) is 42.6 Å². The zero-order valence-electron chi connectivity index (χ0n) is 17.7. The van der Waals surface area contributed by atoms with E-state index in [1.54, 1.807) is 12.3 Å². The Bertz CT molecular complexity index is 923. The molecule has 2 aromatic rings. The minimum Gasteiger partial charge on any atom is -0.489 e. The number of nitrogens with zero attached hydrogens (tertiary/aromatic N) is 2. The minimum atomic E-state index is -2.59. The van der Waals surface area contributed by atoms with E-state index in [0.29, 0.717) is 12.4 Å². The monoisotopic (exact) mass is 431 g/mol. The van der Waals surface area contributed by atoms with Crippen molar-refractivity contribution in [3.05, 3.63) is 48.2 Å². The van der Waals surface area contributed by atoms with Crippen molar-refractivity contribution in [2.75, 3.05) is 24.6 Å². The van der Waals surface area contributed by atoms with E-state index in [0.717, 1.165) is 30.0 Å². The lowest BCUT2D eigenvalue weighted by Gasteiger charge is -2.20. The molecule has 1 aliphatic carbocycles. The van der Waals surface area contributed by atoms with Crippen molar-refractivity contribution in [2.24, 2.45) is 5.92 Å². The molecule has 2 aliphatic rings. The van der Waals surface area contributed by atoms with Crippen LogP contribution < -0.4 is 19.7 Å². The highest BCUT2D eigenvalue weighted by atomic mass is 19.3. The summed E-state index contributed by atoms with van der Waals surface area (Å²) in [4.78, 5) is 17.5. The predicted octanol–water partition coefficient (Wildman–Crippen LogP) is 3.97. The molecule has 1 amide bonds. The van der Waals surface area contributed by atoms with Crippen LogP contribution in [-0.2, 0) is 4.79 Å². The van der Waals surface area contributed by atoms with Gasteiger partial charge in [-0.2, -0.15) is 0 Å². The van der Waals surface area contributed by atoms with Crippen LogP contribution in [0.4, 0.5) is 14.5 Å². The molecule has 0 spiro atoms. The van der Waals surface area contributed by atoms with E-state index in [1.807, 2.05) is 37.3 Å². The Hall–Kier alpha value is -2.90. The van der Waals surface area contributed by atoms with Crippen LogP contribution in [-0.4, -0.2) is 42.6 Å². The summed E-state index contributed by atoms with van der Waals surface area (Å²) in [7, 11) is 0. The van der Waals surface area contributed by atoms with Crippen molar-refractivity contribution >= 4 is 11.6 Å². The standard InChI is InChI=1S/C23H27F2N3O3/c1-15(27-16(2)29)17-3-5-20(6-4-17)31-21-8-10-28(13-21)19-7-9-26-22(11-19)30-14-18-12-23(18,24)25/h3-7,9,11,15,18,21H,8,10,12-14H2,1-2H3,(H,27,29)/t15-,18?,21?/m0/s1. The first-order valence-electron chi connectivity index (χ1n) is 10.6. The van der Waals surface area contributed by atoms with Gasteiger partial charge in [0.2, 0.25) is 11.8 Å². The summed E-state index contributed by atoms with van der Waals surface area (Å²) in [6.45, 7) is 4.98. The highest BCUT2D eigenvalue weighted by Gasteiger charge is 2.57. The van der Waals surface area contributed by atoms with E-state index in [-0.39, 0.29) is 31.1 Å². The largest absolute Gasteiger partial charge is 0.489 e. The minimum absolute atomic E-state index is 0.00820. The average Bonchev–Trinajstić information content (AvgIpc) is 3.10. The van der Waals surface area contributed by atoms with Crippen LogP contribution in [0.1, 0.15) is 38.3 Å². The number of pyridine rings is 1. The highest BCUT2D eigenvalue weighted by Crippen LogP contribution is 2.48. The maximum Gasteiger partial charge on any atom is 0.255 e. The van der Waals surface area contributed by atoms with Crippen molar-refractivity contribution < 1.29 is 23.0 Å². The topological polar surface area (TPSA) is 63.7 Å². The van der Waals surface area contributed by atoms with Gasteiger partial charge in [-0.05, 0) is 30.7 Å². The molecule has 3 atom stereocenters. The van der Waals surface area contributed by atoms with Crippen LogP contribution in [0.2, 0.25) is 0 Å². The third-order valence-corrected chi connectivity index (χ3v) is 5.72. The van der Waals surface area contributed by atoms with Crippen LogP contribution in [0.5, 0.6) is 11.6 Å². The number of hydrogen-bond donors (Lipinski definition) is 1. The summed E-state index contributed by atoms with van der Waals surface area (Å²) >= 11 is 0. The fourth-order valence-corrected chi connectivity index (χ4v) is 3.79. The zero-order valence-corrected chi connectivity index (χ0v) is 17.7. The van der Waals surface area contributed by atoms with Gasteiger partial charge in [0.25, 0.3) is 5.92 Å². The normalized spacial score (nSPS) is 22.6. The van der Waals surface area contributed by atoms with E-state index in [1.165, 1.54) is 6.92 Å². The Morgan fingerprint density at radius 1 is 1.32 bits per heavy atom. The first-order valence-corrected chi connectivity index (χ1v) is 10.6. The second-order valence-electron chi connectivity index (χ2n) is 8.29. The third kappa shape index (κ3) is 5.42. The molecule has 2 heterocycles. The van der Waals surface area contributed by atoms with E-state index < -0.39 is 11.8 Å². The van der Waals surface area contributed by atoms with E-state index in [2.05, 4.69) is 15.2 Å². The molecular formula is C23H27F2N3O3. The van der Waals surface area contributed by atoms with E-state index in [9.17, 15) is 13.6 Å². The van der Waals surface area contributed by atoms with Gasteiger partial charge < -0.3 is 19.7 Å². The molecule has 0 radical (unpaired) electrons. The molecule has 1 aromatic carbocycles. The van der Waals surface area contributed by atoms with Gasteiger partial charge in [-0.1, -0.05) is 12.1 Å². The molecule has 1 aliphatic heterocycles. The average molecular weight is 431 g/mol. The summed E-state index contributed by atoms with van der Waals surface area (Å²) < 4.78 is 37.6. The number of anilines is 1. The molecule has 1 saturated carbocycles. The van der Waals surface area contributed by atoms with Gasteiger partial charge in [0.15, 0.2) is 0 Å². The van der Waals surface area contributed by atoms with E-state index in [4.69, 9.17) is 9.47 Å². The molecular weight excluding hydrogens is 404 g/mol. The summed E-state index contributed by atoms with van der Waals surface area (Å²) in [6.07, 6.45) is 2.45. The zero-order chi connectivity index (χ0) is 22.0. The van der Waals surface area contributed by atoms with Gasteiger partial charge in [-0.25, -0.2) is 13.8 Å². The second kappa shape index (κ2) is 8.69. The van der Waals surface area contributed by atoms with Crippen molar-refractivity contribution in [1.29, 1.82) is 0 Å². The van der Waals surface area contributed by atoms with Crippen LogP contribution >= 0.6 is 0 Å². The Morgan fingerprint density at radius 3 is 2.74 bits per heavy atom. The smallest absolute Gasteiger partial charge is 0.255 e. The summed E-state index contributed by atoms with van der Waals surface area (Å²) in [5.74, 6) is -2.19. The Kier molecular flexibility index (Phi) is 5.98. The summed E-state index contributed by atoms with van der Waals surface area (Å²) in [6, 6.07) is 11.4. The molecule has 2 unspecified atom stereocenters. The molecule has 2 fully saturated rings. The van der Waals surface area contributed by atoms with Crippen molar-refractivity contribution in [3.63, 3.8) is 0 Å². The van der Waals surface area contributed by atoms with Crippen LogP contribution in [0.25, 0.3) is 0 Å². The van der Waals surface area contributed by atoms with Gasteiger partial charge in [0, 0.05) is 44.3 Å². The van der Waals surface area contributed by atoms with Gasteiger partial charge in [-0.15, -0.1) is 0 Å². The number of carbonyl (C=O) groups excluding carboxylic acids is 1. The molecule has 4 rings (SSSR count). The highest BCUT2D eigenvalue weighted by molar-refractivity contribution is 5.73. The van der Waals surface area contributed by atoms with Gasteiger partial charge in [0.05, 0.1) is 25.1 Å². The number of carbonyl (C=O) groups is 1. The fourth-order valence-electron chi connectivity index (χ4n) is 3.79. The molecule has 166 valence electrons. The first kappa shape index (κ1) is 21.3. The summed E-state index contributed by atoms with van der Waals surface area (Å²) in [5, 5.41) is 2.86. The molecule has 8 heteroatoms. The lowest BCUT2D eigenvalue weighted by Crippen LogP contribution is -2.25. The van der Waals surface area contributed by atoms with Gasteiger partial charge >= 0.3 is 0 Å². The third-order valence-electron chi connectivity index (χ3n) is 5.72. The second-order valence-corrected chi connectivity index (χ2v) is 8.29. The van der Waals surface area contributed by atoms with Crippen LogP contribution in [0.3, 0.4) is 0 Å². The Labute approximate surface area is 180 Å². The Morgan fingerprint density at radius 2 is 2.06 bits per heavy atom. The SMILES string of the molecule is CC(=O)N[C@@H](C)c1ccc(OC2CCN(c3ccnc(OCC4CC4(F)F)c3)C2)cc1. The maximum absolute atomic E-state index is 13.0. The molecule has 0 bridgehead atoms. The number of ether oxygens (including phenoxy) is 2. The number of halogens is 2. The van der Waals surface area contributed by atoms with Crippen LogP contribution in [0, 0.1) is 5.92 Å². The van der Waals surface area contributed by atoms with Gasteiger partial charge in [-0.3, -0.25) is 4.79 Å². The fraction of sp³-hybridized carbons (Fsp3) is 0.478. The number of alkyl halides is 2. The molecule has 6 nitrogen and oxygen atoms in total. The van der Waals surface area contributed by atoms with Crippen molar-refractivity contribution in [3.8, 4) is 11.6 Å². The molecule has 31 heavy (non-hydrogen) atoms. The van der Waals surface area contributed by atoms with Crippen molar-refractivity contribution in [2.45, 2.75) is 44.8 Å². The Balaban J connectivity index is 1.29. The van der Waals surface area contributed by atoms with Gasteiger partial charge in [0.1, 0.15) is 11.9 Å². The number of aromatic nitrogens is 1. The number of hydrogen-bond acceptors (Lipinski definition) is 5. The lowest BCUT2D eigenvalue weighted by molar-refractivity contribution is -0.119. The summed E-state index contributed by atoms with van der Waals surface area (Å²) in [5.41, 5.74) is 1.96. The molecule has 1 N–H and O–H groups in total. The lowest BCUT2D eigenvalue weighted by atomic mass is 10.1. The maximum atomic E-state index is 13.0. The molecule has 1 saturated heterocycles. The van der Waals surface area contributed by atoms with Crippen molar-refractivity contribution in [1.82, 2.24) is 10.3 Å². The van der Waals surface area contributed by atoms with E-state index >= 15 is 0 Å². The molecule has 1 aromatic heterocycles. The first-order chi connectivity index (χ1) is 14.8. The number of nitrogens with one attached hydrogen (secondary N) is 1.